The monoisotopic (exact) mass is 274 g/mol. The molecular formula is C14H15FN4O. The van der Waals surface area contributed by atoms with Gasteiger partial charge in [0, 0.05) is 18.0 Å². The Kier molecular flexibility index (Phi) is 3.93. The van der Waals surface area contributed by atoms with Crippen LogP contribution in [0.15, 0.2) is 42.9 Å². The van der Waals surface area contributed by atoms with E-state index in [2.05, 4.69) is 20.6 Å². The van der Waals surface area contributed by atoms with Crippen molar-refractivity contribution < 1.29 is 9.18 Å². The first-order chi connectivity index (χ1) is 9.49. The van der Waals surface area contributed by atoms with Crippen LogP contribution in [0.2, 0.25) is 0 Å². The zero-order valence-electron chi connectivity index (χ0n) is 11.2. The minimum absolute atomic E-state index is 0.328. The molecule has 0 unspecified atom stereocenters. The number of carbonyl (C=O) groups is 1. The number of hydrogen-bond donors (Lipinski definition) is 2. The smallest absolute Gasteiger partial charge is 0.321 e. The summed E-state index contributed by atoms with van der Waals surface area (Å²) in [6, 6.07) is 5.85. The van der Waals surface area contributed by atoms with E-state index in [4.69, 9.17) is 0 Å². The predicted molar refractivity (Wildman–Crippen MR) is 73.6 cm³/mol. The summed E-state index contributed by atoms with van der Waals surface area (Å²) in [7, 11) is 0. The van der Waals surface area contributed by atoms with E-state index < -0.39 is 11.6 Å². The Morgan fingerprint density at radius 3 is 2.65 bits per heavy atom. The van der Waals surface area contributed by atoms with Gasteiger partial charge in [0.25, 0.3) is 0 Å². The highest BCUT2D eigenvalue weighted by Gasteiger charge is 2.25. The number of benzene rings is 1. The summed E-state index contributed by atoms with van der Waals surface area (Å²) in [6.45, 7) is 3.45. The summed E-state index contributed by atoms with van der Waals surface area (Å²) in [6.07, 6.45) is 4.40. The molecule has 0 saturated carbocycles. The molecule has 0 atom stereocenters. The average molecular weight is 274 g/mol. The Morgan fingerprint density at radius 2 is 2.00 bits per heavy atom. The van der Waals surface area contributed by atoms with Gasteiger partial charge >= 0.3 is 6.03 Å². The molecule has 0 bridgehead atoms. The average Bonchev–Trinajstić information content (AvgIpc) is 2.39. The van der Waals surface area contributed by atoms with Gasteiger partial charge in [-0.3, -0.25) is 10.3 Å². The molecule has 0 aliphatic heterocycles. The Hall–Kier alpha value is -2.50. The van der Waals surface area contributed by atoms with Crippen molar-refractivity contribution in [3.63, 3.8) is 0 Å². The second kappa shape index (κ2) is 5.64. The van der Waals surface area contributed by atoms with Gasteiger partial charge in [0.1, 0.15) is 5.82 Å². The lowest BCUT2D eigenvalue weighted by Gasteiger charge is -2.27. The van der Waals surface area contributed by atoms with Crippen molar-refractivity contribution in [2.75, 3.05) is 5.32 Å². The summed E-state index contributed by atoms with van der Waals surface area (Å²) < 4.78 is 13.8. The number of halogens is 1. The molecule has 0 spiro atoms. The number of carbonyl (C=O) groups excluding carboxylic acids is 1. The molecule has 20 heavy (non-hydrogen) atoms. The van der Waals surface area contributed by atoms with Crippen LogP contribution in [0.25, 0.3) is 0 Å². The van der Waals surface area contributed by atoms with Crippen LogP contribution >= 0.6 is 0 Å². The maximum atomic E-state index is 13.8. The highest BCUT2D eigenvalue weighted by molar-refractivity contribution is 5.88. The number of nitrogens with zero attached hydrogens (tertiary/aromatic N) is 2. The zero-order valence-corrected chi connectivity index (χ0v) is 11.2. The van der Waals surface area contributed by atoms with Crippen LogP contribution in [0.3, 0.4) is 0 Å². The van der Waals surface area contributed by atoms with Crippen LogP contribution < -0.4 is 10.6 Å². The van der Waals surface area contributed by atoms with Crippen molar-refractivity contribution >= 4 is 11.8 Å². The van der Waals surface area contributed by atoms with Gasteiger partial charge in [0.2, 0.25) is 0 Å². The molecule has 0 aliphatic rings. The number of nitrogens with one attached hydrogen (secondary N) is 2. The Labute approximate surface area is 116 Å². The minimum atomic E-state index is -0.850. The summed E-state index contributed by atoms with van der Waals surface area (Å²) in [5, 5.41) is 5.25. The minimum Gasteiger partial charge on any atom is -0.329 e. The van der Waals surface area contributed by atoms with Crippen LogP contribution in [0.4, 0.5) is 15.0 Å². The fourth-order valence-corrected chi connectivity index (χ4v) is 1.83. The van der Waals surface area contributed by atoms with Gasteiger partial charge in [-0.25, -0.2) is 14.2 Å². The summed E-state index contributed by atoms with van der Waals surface area (Å²) in [5.74, 6) is -0.0355. The number of hydrogen-bond acceptors (Lipinski definition) is 3. The molecule has 1 heterocycles. The molecule has 0 radical (unpaired) electrons. The van der Waals surface area contributed by atoms with E-state index in [-0.39, 0.29) is 5.82 Å². The maximum absolute atomic E-state index is 13.8. The van der Waals surface area contributed by atoms with Gasteiger partial charge in [0.05, 0.1) is 11.7 Å². The first-order valence-electron chi connectivity index (χ1n) is 6.09. The predicted octanol–water partition coefficient (Wildman–Crippen LogP) is 2.67. The topological polar surface area (TPSA) is 66.9 Å². The third-order valence-electron chi connectivity index (χ3n) is 2.78. The number of rotatable bonds is 3. The molecule has 2 rings (SSSR count). The molecule has 2 aromatic rings. The quantitative estimate of drug-likeness (QED) is 0.904. The Bertz CT molecular complexity index is 601. The van der Waals surface area contributed by atoms with Gasteiger partial charge in [-0.05, 0) is 19.9 Å². The van der Waals surface area contributed by atoms with Crippen LogP contribution in [-0.2, 0) is 5.54 Å². The molecular weight excluding hydrogens is 259 g/mol. The Balaban J connectivity index is 2.09. The van der Waals surface area contributed by atoms with E-state index in [0.717, 1.165) is 0 Å². The fourth-order valence-electron chi connectivity index (χ4n) is 1.83. The summed E-state index contributed by atoms with van der Waals surface area (Å²) >= 11 is 0. The van der Waals surface area contributed by atoms with Crippen LogP contribution in [0, 0.1) is 5.82 Å². The Morgan fingerprint density at radius 1 is 1.25 bits per heavy atom. The molecule has 6 heteroatoms. The van der Waals surface area contributed by atoms with Gasteiger partial charge in [-0.1, -0.05) is 18.2 Å². The fraction of sp³-hybridized carbons (Fsp3) is 0.214. The number of aromatic nitrogens is 2. The van der Waals surface area contributed by atoms with Gasteiger partial charge < -0.3 is 5.32 Å². The van der Waals surface area contributed by atoms with E-state index in [1.54, 1.807) is 32.0 Å². The highest BCUT2D eigenvalue weighted by atomic mass is 19.1. The third-order valence-corrected chi connectivity index (χ3v) is 2.78. The van der Waals surface area contributed by atoms with E-state index >= 15 is 0 Å². The van der Waals surface area contributed by atoms with Gasteiger partial charge in [-0.15, -0.1) is 0 Å². The lowest BCUT2D eigenvalue weighted by molar-refractivity contribution is 0.241. The van der Waals surface area contributed by atoms with Gasteiger partial charge in [-0.2, -0.15) is 0 Å². The lowest BCUT2D eigenvalue weighted by atomic mass is 9.94. The molecule has 2 N–H and O–H groups in total. The van der Waals surface area contributed by atoms with Crippen molar-refractivity contribution in [2.24, 2.45) is 0 Å². The lowest BCUT2D eigenvalue weighted by Crippen LogP contribution is -2.44. The summed E-state index contributed by atoms with van der Waals surface area (Å²) in [4.78, 5) is 19.7. The number of anilines is 1. The van der Waals surface area contributed by atoms with Gasteiger partial charge in [0.15, 0.2) is 5.82 Å². The molecule has 1 aromatic carbocycles. The normalized spacial score (nSPS) is 10.9. The number of urea groups is 1. The molecule has 2 amide bonds. The SMILES string of the molecule is CC(C)(NC(=O)Nc1cnccn1)c1ccccc1F. The maximum Gasteiger partial charge on any atom is 0.321 e. The first kappa shape index (κ1) is 13.9. The van der Waals surface area contributed by atoms with Crippen LogP contribution in [0.1, 0.15) is 19.4 Å². The van der Waals surface area contributed by atoms with Crippen LogP contribution in [-0.4, -0.2) is 16.0 Å². The molecule has 1 aromatic heterocycles. The van der Waals surface area contributed by atoms with Crippen molar-refractivity contribution in [1.82, 2.24) is 15.3 Å². The largest absolute Gasteiger partial charge is 0.329 e. The number of amides is 2. The third kappa shape index (κ3) is 3.28. The standard InChI is InChI=1S/C14H15FN4O/c1-14(2,10-5-3-4-6-11(10)15)19-13(20)18-12-9-16-7-8-17-12/h3-9H,1-2H3,(H2,17,18,19,20). The highest BCUT2D eigenvalue weighted by Crippen LogP contribution is 2.22. The van der Waals surface area contributed by atoms with Crippen molar-refractivity contribution in [1.29, 1.82) is 0 Å². The van der Waals surface area contributed by atoms with Crippen molar-refractivity contribution in [3.8, 4) is 0 Å². The molecule has 0 saturated heterocycles. The molecule has 0 fully saturated rings. The second-order valence-corrected chi connectivity index (χ2v) is 4.77. The van der Waals surface area contributed by atoms with Crippen LogP contribution in [0.5, 0.6) is 0 Å². The van der Waals surface area contributed by atoms with E-state index in [9.17, 15) is 9.18 Å². The van der Waals surface area contributed by atoms with E-state index in [1.807, 2.05) is 0 Å². The van der Waals surface area contributed by atoms with Crippen molar-refractivity contribution in [3.05, 3.63) is 54.2 Å². The summed E-state index contributed by atoms with van der Waals surface area (Å²) in [5.41, 5.74) is -0.438. The molecule has 5 nitrogen and oxygen atoms in total. The zero-order chi connectivity index (χ0) is 14.6. The first-order valence-corrected chi connectivity index (χ1v) is 6.09. The van der Waals surface area contributed by atoms with E-state index in [1.165, 1.54) is 24.7 Å². The molecule has 0 aliphatic carbocycles. The van der Waals surface area contributed by atoms with Crippen molar-refractivity contribution in [2.45, 2.75) is 19.4 Å². The van der Waals surface area contributed by atoms with E-state index in [0.29, 0.717) is 11.4 Å². The second-order valence-electron chi connectivity index (χ2n) is 4.77. The molecule has 104 valence electrons.